The molecule has 1 fully saturated rings. The smallest absolute Gasteiger partial charge is 0.270 e. The number of fused-ring (bicyclic) bond motifs is 1. The SMILES string of the molecule is CCC1CCCCN1C(=O)c1cc2cccc(N)c2[nH]1. The Morgan fingerprint density at radius 2 is 2.30 bits per heavy atom. The molecule has 1 unspecified atom stereocenters. The minimum absolute atomic E-state index is 0.104. The van der Waals surface area contributed by atoms with Crippen LogP contribution >= 0.6 is 0 Å². The summed E-state index contributed by atoms with van der Waals surface area (Å²) in [5.74, 6) is 0.104. The van der Waals surface area contributed by atoms with Crippen molar-refractivity contribution in [1.82, 2.24) is 9.88 Å². The Kier molecular flexibility index (Phi) is 3.38. The van der Waals surface area contributed by atoms with Crippen LogP contribution in [0.5, 0.6) is 0 Å². The van der Waals surface area contributed by atoms with Gasteiger partial charge in [0.1, 0.15) is 5.69 Å². The summed E-state index contributed by atoms with van der Waals surface area (Å²) in [6.07, 6.45) is 4.46. The molecule has 0 radical (unpaired) electrons. The number of piperidine rings is 1. The topological polar surface area (TPSA) is 62.1 Å². The number of carbonyl (C=O) groups is 1. The Morgan fingerprint density at radius 3 is 3.05 bits per heavy atom. The number of hydrogen-bond acceptors (Lipinski definition) is 2. The molecule has 20 heavy (non-hydrogen) atoms. The average Bonchev–Trinajstić information content (AvgIpc) is 2.92. The molecule has 1 saturated heterocycles. The van der Waals surface area contributed by atoms with E-state index in [0.29, 0.717) is 17.4 Å². The highest BCUT2D eigenvalue weighted by atomic mass is 16.2. The van der Waals surface area contributed by atoms with E-state index in [4.69, 9.17) is 5.73 Å². The maximum absolute atomic E-state index is 12.7. The molecule has 0 bridgehead atoms. The minimum Gasteiger partial charge on any atom is -0.397 e. The van der Waals surface area contributed by atoms with Gasteiger partial charge in [0.15, 0.2) is 0 Å². The number of rotatable bonds is 2. The molecule has 4 heteroatoms. The predicted octanol–water partition coefficient (Wildman–Crippen LogP) is 3.15. The molecule has 3 N–H and O–H groups in total. The first-order valence-corrected chi connectivity index (χ1v) is 7.39. The second kappa shape index (κ2) is 5.19. The van der Waals surface area contributed by atoms with Crippen molar-refractivity contribution in [1.29, 1.82) is 0 Å². The van der Waals surface area contributed by atoms with Crippen LogP contribution in [-0.2, 0) is 0 Å². The van der Waals surface area contributed by atoms with Gasteiger partial charge in [-0.15, -0.1) is 0 Å². The number of para-hydroxylation sites is 1. The molecule has 0 spiro atoms. The third-order valence-electron chi connectivity index (χ3n) is 4.28. The van der Waals surface area contributed by atoms with Gasteiger partial charge in [-0.2, -0.15) is 0 Å². The van der Waals surface area contributed by atoms with Gasteiger partial charge in [-0.25, -0.2) is 0 Å². The van der Waals surface area contributed by atoms with E-state index in [9.17, 15) is 4.79 Å². The molecule has 4 nitrogen and oxygen atoms in total. The van der Waals surface area contributed by atoms with Crippen molar-refractivity contribution < 1.29 is 4.79 Å². The Balaban J connectivity index is 1.93. The highest BCUT2D eigenvalue weighted by molar-refractivity contribution is 6.01. The lowest BCUT2D eigenvalue weighted by atomic mass is 9.99. The molecule has 106 valence electrons. The van der Waals surface area contributed by atoms with E-state index in [0.717, 1.165) is 36.7 Å². The van der Waals surface area contributed by atoms with Crippen molar-refractivity contribution in [3.63, 3.8) is 0 Å². The zero-order valence-electron chi connectivity index (χ0n) is 11.9. The maximum Gasteiger partial charge on any atom is 0.270 e. The second-order valence-corrected chi connectivity index (χ2v) is 5.55. The maximum atomic E-state index is 12.7. The standard InChI is InChI=1S/C16H21N3O/c1-2-12-7-3-4-9-19(12)16(20)14-10-11-6-5-8-13(17)15(11)18-14/h5-6,8,10,12,18H,2-4,7,9,17H2,1H3. The third kappa shape index (κ3) is 2.15. The Bertz CT molecular complexity index is 632. The van der Waals surface area contributed by atoms with Gasteiger partial charge < -0.3 is 15.6 Å². The summed E-state index contributed by atoms with van der Waals surface area (Å²) in [6.45, 7) is 3.02. The fourth-order valence-electron chi connectivity index (χ4n) is 3.14. The fourth-order valence-corrected chi connectivity index (χ4v) is 3.14. The van der Waals surface area contributed by atoms with Gasteiger partial charge in [-0.1, -0.05) is 19.1 Å². The normalized spacial score (nSPS) is 19.4. The number of nitrogens with zero attached hydrogens (tertiary/aromatic N) is 1. The van der Waals surface area contributed by atoms with E-state index in [-0.39, 0.29) is 5.91 Å². The molecule has 0 aliphatic carbocycles. The summed E-state index contributed by atoms with van der Waals surface area (Å²) < 4.78 is 0. The van der Waals surface area contributed by atoms with Crippen molar-refractivity contribution in [2.75, 3.05) is 12.3 Å². The van der Waals surface area contributed by atoms with Crippen LogP contribution in [0, 0.1) is 0 Å². The Labute approximate surface area is 118 Å². The van der Waals surface area contributed by atoms with Gasteiger partial charge in [0.05, 0.1) is 11.2 Å². The summed E-state index contributed by atoms with van der Waals surface area (Å²) >= 11 is 0. The van der Waals surface area contributed by atoms with Gasteiger partial charge in [0, 0.05) is 18.0 Å². The highest BCUT2D eigenvalue weighted by Gasteiger charge is 2.27. The van der Waals surface area contributed by atoms with Crippen molar-refractivity contribution in [2.45, 2.75) is 38.6 Å². The van der Waals surface area contributed by atoms with Crippen LogP contribution in [0.4, 0.5) is 5.69 Å². The number of H-pyrrole nitrogens is 1. The molecule has 1 amide bonds. The lowest BCUT2D eigenvalue weighted by Crippen LogP contribution is -2.43. The number of anilines is 1. The molecular weight excluding hydrogens is 250 g/mol. The minimum atomic E-state index is 0.104. The molecule has 1 aliphatic heterocycles. The Hall–Kier alpha value is -1.97. The number of aromatic nitrogens is 1. The third-order valence-corrected chi connectivity index (χ3v) is 4.28. The van der Waals surface area contributed by atoms with Gasteiger partial charge in [0.25, 0.3) is 5.91 Å². The molecule has 1 aliphatic rings. The predicted molar refractivity (Wildman–Crippen MR) is 81.7 cm³/mol. The molecule has 1 atom stereocenters. The molecule has 2 aromatic rings. The molecular formula is C16H21N3O. The number of benzene rings is 1. The first-order valence-electron chi connectivity index (χ1n) is 7.39. The zero-order valence-corrected chi connectivity index (χ0v) is 11.9. The van der Waals surface area contributed by atoms with Crippen LogP contribution < -0.4 is 5.73 Å². The summed E-state index contributed by atoms with van der Waals surface area (Å²) in [4.78, 5) is 17.9. The highest BCUT2D eigenvalue weighted by Crippen LogP contribution is 2.25. The van der Waals surface area contributed by atoms with Crippen molar-refractivity contribution >= 4 is 22.5 Å². The molecule has 2 heterocycles. The number of amides is 1. The summed E-state index contributed by atoms with van der Waals surface area (Å²) in [6, 6.07) is 8.03. The monoisotopic (exact) mass is 271 g/mol. The van der Waals surface area contributed by atoms with E-state index in [1.54, 1.807) is 0 Å². The fraction of sp³-hybridized carbons (Fsp3) is 0.438. The number of hydrogen-bond donors (Lipinski definition) is 2. The number of nitrogens with two attached hydrogens (primary N) is 1. The van der Waals surface area contributed by atoms with E-state index >= 15 is 0 Å². The van der Waals surface area contributed by atoms with Crippen LogP contribution in [0.3, 0.4) is 0 Å². The summed E-state index contributed by atoms with van der Waals surface area (Å²) in [7, 11) is 0. The molecule has 3 rings (SSSR count). The molecule has 1 aromatic heterocycles. The number of aromatic amines is 1. The first kappa shape index (κ1) is 13.0. The lowest BCUT2D eigenvalue weighted by Gasteiger charge is -2.35. The van der Waals surface area contributed by atoms with E-state index in [2.05, 4.69) is 11.9 Å². The van der Waals surface area contributed by atoms with Crippen LogP contribution in [0.25, 0.3) is 10.9 Å². The van der Waals surface area contributed by atoms with Gasteiger partial charge in [-0.3, -0.25) is 4.79 Å². The van der Waals surface area contributed by atoms with Crippen LogP contribution in [0.15, 0.2) is 24.3 Å². The van der Waals surface area contributed by atoms with Crippen LogP contribution in [-0.4, -0.2) is 28.4 Å². The second-order valence-electron chi connectivity index (χ2n) is 5.55. The quantitative estimate of drug-likeness (QED) is 0.824. The van der Waals surface area contributed by atoms with Crippen molar-refractivity contribution in [2.24, 2.45) is 0 Å². The number of nitrogens with one attached hydrogen (secondary N) is 1. The van der Waals surface area contributed by atoms with Gasteiger partial charge >= 0.3 is 0 Å². The number of likely N-dealkylation sites (tertiary alicyclic amines) is 1. The molecule has 1 aromatic carbocycles. The zero-order chi connectivity index (χ0) is 14.1. The van der Waals surface area contributed by atoms with E-state index in [1.807, 2.05) is 29.2 Å². The molecule has 0 saturated carbocycles. The lowest BCUT2D eigenvalue weighted by molar-refractivity contribution is 0.0603. The van der Waals surface area contributed by atoms with Crippen molar-refractivity contribution in [3.05, 3.63) is 30.0 Å². The average molecular weight is 271 g/mol. The van der Waals surface area contributed by atoms with Crippen LogP contribution in [0.1, 0.15) is 43.1 Å². The van der Waals surface area contributed by atoms with Crippen molar-refractivity contribution in [3.8, 4) is 0 Å². The van der Waals surface area contributed by atoms with E-state index in [1.165, 1.54) is 6.42 Å². The van der Waals surface area contributed by atoms with E-state index < -0.39 is 0 Å². The number of carbonyl (C=O) groups excluding carboxylic acids is 1. The first-order chi connectivity index (χ1) is 9.70. The largest absolute Gasteiger partial charge is 0.397 e. The van der Waals surface area contributed by atoms with Gasteiger partial charge in [-0.05, 0) is 37.8 Å². The van der Waals surface area contributed by atoms with Gasteiger partial charge in [0.2, 0.25) is 0 Å². The number of nitrogen functional groups attached to an aromatic ring is 1. The summed E-state index contributed by atoms with van der Waals surface area (Å²) in [5.41, 5.74) is 8.15. The summed E-state index contributed by atoms with van der Waals surface area (Å²) in [5, 5.41) is 0.999. The van der Waals surface area contributed by atoms with Crippen LogP contribution in [0.2, 0.25) is 0 Å². The Morgan fingerprint density at radius 1 is 1.45 bits per heavy atom.